The Kier molecular flexibility index (Phi) is 4.16. The second kappa shape index (κ2) is 5.62. The summed E-state index contributed by atoms with van der Waals surface area (Å²) >= 11 is 5.85. The summed E-state index contributed by atoms with van der Waals surface area (Å²) in [6, 6.07) is 1.98. The number of halogens is 1. The third-order valence-corrected chi connectivity index (χ3v) is 3.56. The van der Waals surface area contributed by atoms with E-state index in [0.717, 1.165) is 17.2 Å². The Hall–Kier alpha value is -0.630. The summed E-state index contributed by atoms with van der Waals surface area (Å²) in [4.78, 5) is 9.15. The fourth-order valence-electron chi connectivity index (χ4n) is 2.45. The quantitative estimate of drug-likeness (QED) is 0.576. The summed E-state index contributed by atoms with van der Waals surface area (Å²) in [5.74, 6) is 2.07. The van der Waals surface area contributed by atoms with Gasteiger partial charge in [0.15, 0.2) is 0 Å². The molecule has 1 aromatic heterocycles. The molecule has 0 aromatic carbocycles. The Morgan fingerprint density at radius 2 is 1.88 bits per heavy atom. The van der Waals surface area contributed by atoms with Gasteiger partial charge in [-0.25, -0.2) is 9.97 Å². The van der Waals surface area contributed by atoms with Gasteiger partial charge in [-0.2, -0.15) is 0 Å². The molecule has 1 fully saturated rings. The lowest BCUT2D eigenvalue weighted by Gasteiger charge is -2.13. The number of aromatic nitrogens is 2. The standard InChI is InChI=1S/C13H19ClN2/c1-10-8-12(9-14)16-13(15-10)11-6-4-2-3-5-7-11/h8,11H,2-7,9H2,1H3. The van der Waals surface area contributed by atoms with Gasteiger partial charge in [0, 0.05) is 11.6 Å². The average molecular weight is 239 g/mol. The maximum absolute atomic E-state index is 5.85. The number of aryl methyl sites for hydroxylation is 1. The second-order valence-electron chi connectivity index (χ2n) is 4.68. The number of rotatable bonds is 2. The third kappa shape index (κ3) is 2.94. The van der Waals surface area contributed by atoms with Crippen LogP contribution in [-0.2, 0) is 5.88 Å². The molecule has 0 spiro atoms. The van der Waals surface area contributed by atoms with Gasteiger partial charge >= 0.3 is 0 Å². The SMILES string of the molecule is Cc1cc(CCl)nc(C2CCCCCC2)n1. The van der Waals surface area contributed by atoms with Crippen molar-refractivity contribution in [2.24, 2.45) is 0 Å². The molecule has 0 saturated heterocycles. The smallest absolute Gasteiger partial charge is 0.131 e. The zero-order chi connectivity index (χ0) is 11.4. The summed E-state index contributed by atoms with van der Waals surface area (Å²) in [6.07, 6.45) is 7.85. The summed E-state index contributed by atoms with van der Waals surface area (Å²) in [5.41, 5.74) is 2.01. The normalized spacial score (nSPS) is 18.4. The van der Waals surface area contributed by atoms with Crippen LogP contribution in [0.5, 0.6) is 0 Å². The van der Waals surface area contributed by atoms with E-state index in [1.54, 1.807) is 0 Å². The molecule has 1 saturated carbocycles. The van der Waals surface area contributed by atoms with Gasteiger partial charge < -0.3 is 0 Å². The van der Waals surface area contributed by atoms with Crippen molar-refractivity contribution >= 4 is 11.6 Å². The Labute approximate surface area is 102 Å². The molecule has 2 nitrogen and oxygen atoms in total. The zero-order valence-electron chi connectivity index (χ0n) is 9.88. The van der Waals surface area contributed by atoms with Crippen LogP contribution in [0.25, 0.3) is 0 Å². The molecule has 0 aliphatic heterocycles. The van der Waals surface area contributed by atoms with E-state index in [9.17, 15) is 0 Å². The number of hydrogen-bond donors (Lipinski definition) is 0. The van der Waals surface area contributed by atoms with Gasteiger partial charge in [-0.15, -0.1) is 11.6 Å². The molecule has 1 aromatic rings. The Morgan fingerprint density at radius 1 is 1.19 bits per heavy atom. The summed E-state index contributed by atoms with van der Waals surface area (Å²) in [5, 5.41) is 0. The predicted molar refractivity (Wildman–Crippen MR) is 66.8 cm³/mol. The molecular weight excluding hydrogens is 220 g/mol. The molecule has 1 aliphatic rings. The molecule has 0 atom stereocenters. The van der Waals surface area contributed by atoms with Gasteiger partial charge in [0.05, 0.1) is 11.6 Å². The molecular formula is C13H19ClN2. The van der Waals surface area contributed by atoms with Gasteiger partial charge in [0.25, 0.3) is 0 Å². The van der Waals surface area contributed by atoms with Crippen LogP contribution in [-0.4, -0.2) is 9.97 Å². The van der Waals surface area contributed by atoms with E-state index in [4.69, 9.17) is 11.6 Å². The van der Waals surface area contributed by atoms with Crippen molar-refractivity contribution in [3.05, 3.63) is 23.3 Å². The molecule has 1 heterocycles. The van der Waals surface area contributed by atoms with Crippen molar-refractivity contribution in [1.29, 1.82) is 0 Å². The maximum Gasteiger partial charge on any atom is 0.131 e. The van der Waals surface area contributed by atoms with Crippen LogP contribution < -0.4 is 0 Å². The van der Waals surface area contributed by atoms with Crippen LogP contribution in [0.1, 0.15) is 61.7 Å². The van der Waals surface area contributed by atoms with E-state index in [0.29, 0.717) is 11.8 Å². The Morgan fingerprint density at radius 3 is 2.50 bits per heavy atom. The van der Waals surface area contributed by atoms with E-state index >= 15 is 0 Å². The van der Waals surface area contributed by atoms with Gasteiger partial charge in [-0.05, 0) is 25.8 Å². The van der Waals surface area contributed by atoms with Crippen molar-refractivity contribution in [3.63, 3.8) is 0 Å². The van der Waals surface area contributed by atoms with Crippen LogP contribution in [0, 0.1) is 6.92 Å². The van der Waals surface area contributed by atoms with E-state index in [2.05, 4.69) is 9.97 Å². The molecule has 0 amide bonds. The second-order valence-corrected chi connectivity index (χ2v) is 4.95. The molecule has 88 valence electrons. The van der Waals surface area contributed by atoms with Crippen molar-refractivity contribution in [1.82, 2.24) is 9.97 Å². The fraction of sp³-hybridized carbons (Fsp3) is 0.692. The minimum atomic E-state index is 0.489. The van der Waals surface area contributed by atoms with Gasteiger partial charge in [0.1, 0.15) is 5.82 Å². The maximum atomic E-state index is 5.85. The Bertz CT molecular complexity index is 344. The van der Waals surface area contributed by atoms with Crippen molar-refractivity contribution in [3.8, 4) is 0 Å². The summed E-state index contributed by atoms with van der Waals surface area (Å²) in [7, 11) is 0. The molecule has 0 unspecified atom stereocenters. The van der Waals surface area contributed by atoms with Crippen LogP contribution >= 0.6 is 11.6 Å². The van der Waals surface area contributed by atoms with Crippen molar-refractivity contribution in [2.75, 3.05) is 0 Å². The highest BCUT2D eigenvalue weighted by Gasteiger charge is 2.17. The molecule has 3 heteroatoms. The first kappa shape index (κ1) is 11.8. The molecule has 2 rings (SSSR count). The lowest BCUT2D eigenvalue weighted by atomic mass is 9.99. The summed E-state index contributed by atoms with van der Waals surface area (Å²) < 4.78 is 0. The van der Waals surface area contributed by atoms with Crippen LogP contribution in [0.2, 0.25) is 0 Å². The number of nitrogens with zero attached hydrogens (tertiary/aromatic N) is 2. The minimum Gasteiger partial charge on any atom is -0.238 e. The zero-order valence-corrected chi connectivity index (χ0v) is 10.6. The molecule has 0 radical (unpaired) electrons. The highest BCUT2D eigenvalue weighted by molar-refractivity contribution is 6.16. The third-order valence-electron chi connectivity index (χ3n) is 3.28. The van der Waals surface area contributed by atoms with Crippen molar-refractivity contribution in [2.45, 2.75) is 57.2 Å². The highest BCUT2D eigenvalue weighted by atomic mass is 35.5. The average Bonchev–Trinajstić information content (AvgIpc) is 2.56. The van der Waals surface area contributed by atoms with Crippen molar-refractivity contribution < 1.29 is 0 Å². The largest absolute Gasteiger partial charge is 0.238 e. The van der Waals surface area contributed by atoms with Gasteiger partial charge in [-0.3, -0.25) is 0 Å². The van der Waals surface area contributed by atoms with Crippen LogP contribution in [0.3, 0.4) is 0 Å². The van der Waals surface area contributed by atoms with E-state index in [1.165, 1.54) is 38.5 Å². The van der Waals surface area contributed by atoms with E-state index < -0.39 is 0 Å². The van der Waals surface area contributed by atoms with Gasteiger partial charge in [-0.1, -0.05) is 25.7 Å². The first-order valence-electron chi connectivity index (χ1n) is 6.20. The highest BCUT2D eigenvalue weighted by Crippen LogP contribution is 2.29. The monoisotopic (exact) mass is 238 g/mol. The minimum absolute atomic E-state index is 0.489. The van der Waals surface area contributed by atoms with Gasteiger partial charge in [0.2, 0.25) is 0 Å². The predicted octanol–water partition coefficient (Wildman–Crippen LogP) is 3.96. The lowest BCUT2D eigenvalue weighted by Crippen LogP contribution is -2.06. The Balaban J connectivity index is 2.20. The van der Waals surface area contributed by atoms with Crippen LogP contribution in [0.4, 0.5) is 0 Å². The van der Waals surface area contributed by atoms with Crippen LogP contribution in [0.15, 0.2) is 6.07 Å². The first-order chi connectivity index (χ1) is 7.79. The topological polar surface area (TPSA) is 25.8 Å². The molecule has 16 heavy (non-hydrogen) atoms. The number of hydrogen-bond acceptors (Lipinski definition) is 2. The molecule has 0 bridgehead atoms. The first-order valence-corrected chi connectivity index (χ1v) is 6.73. The lowest BCUT2D eigenvalue weighted by molar-refractivity contribution is 0.556. The number of alkyl halides is 1. The summed E-state index contributed by atoms with van der Waals surface area (Å²) in [6.45, 7) is 2.03. The van der Waals surface area contributed by atoms with E-state index in [1.807, 2.05) is 13.0 Å². The molecule has 0 N–H and O–H groups in total. The molecule has 1 aliphatic carbocycles. The fourth-order valence-corrected chi connectivity index (χ4v) is 2.58. The van der Waals surface area contributed by atoms with E-state index in [-0.39, 0.29) is 0 Å².